The average Bonchev–Trinajstić information content (AvgIpc) is 2.51. The van der Waals surface area contributed by atoms with E-state index >= 15 is 0 Å². The number of halogens is 1. The molecule has 1 aromatic carbocycles. The van der Waals surface area contributed by atoms with Gasteiger partial charge in [-0.25, -0.2) is 4.39 Å². The second-order valence-electron chi connectivity index (χ2n) is 4.81. The molecule has 0 fully saturated rings. The van der Waals surface area contributed by atoms with E-state index in [9.17, 15) is 4.39 Å². The van der Waals surface area contributed by atoms with Crippen LogP contribution in [0.15, 0.2) is 23.4 Å². The molecule has 5 nitrogen and oxygen atoms in total. The number of methoxy groups -OCH3 is 1. The van der Waals surface area contributed by atoms with Crippen LogP contribution in [-0.2, 0) is 4.74 Å². The highest BCUT2D eigenvalue weighted by Gasteiger charge is 2.19. The predicted octanol–water partition coefficient (Wildman–Crippen LogP) is 2.56. The van der Waals surface area contributed by atoms with E-state index in [0.29, 0.717) is 24.4 Å². The fraction of sp³-hybridized carbons (Fsp3) is 0.533. The zero-order chi connectivity index (χ0) is 15.8. The van der Waals surface area contributed by atoms with E-state index in [1.165, 1.54) is 6.07 Å². The zero-order valence-electron chi connectivity index (χ0n) is 12.8. The molecule has 1 rings (SSSR count). The van der Waals surface area contributed by atoms with Gasteiger partial charge in [0.05, 0.1) is 12.3 Å². The van der Waals surface area contributed by atoms with Crippen molar-refractivity contribution in [2.24, 2.45) is 10.9 Å². The number of oxime groups is 1. The number of rotatable bonds is 8. The number of anilines is 1. The number of ether oxygens (including phenoxy) is 1. The molecule has 6 heteroatoms. The van der Waals surface area contributed by atoms with E-state index in [4.69, 9.17) is 15.7 Å². The van der Waals surface area contributed by atoms with Crippen molar-refractivity contribution in [3.05, 3.63) is 29.6 Å². The summed E-state index contributed by atoms with van der Waals surface area (Å²) in [6.07, 6.45) is 1.84. The summed E-state index contributed by atoms with van der Waals surface area (Å²) >= 11 is 0. The highest BCUT2D eigenvalue weighted by Crippen LogP contribution is 2.25. The van der Waals surface area contributed by atoms with Crippen LogP contribution in [0.2, 0.25) is 0 Å². The van der Waals surface area contributed by atoms with Gasteiger partial charge in [-0.3, -0.25) is 0 Å². The largest absolute Gasteiger partial charge is 0.409 e. The number of hydrogen-bond acceptors (Lipinski definition) is 4. The first kappa shape index (κ1) is 17.2. The van der Waals surface area contributed by atoms with Crippen LogP contribution in [-0.4, -0.2) is 37.3 Å². The number of benzene rings is 1. The Morgan fingerprint density at radius 3 is 2.57 bits per heavy atom. The van der Waals surface area contributed by atoms with E-state index < -0.39 is 0 Å². The molecular weight excluding hydrogens is 273 g/mol. The standard InChI is InChI=1S/C15H24FN3O2/c1-4-12(5-2)19(8-9-21-3)14-7-6-11(10-13(14)16)15(17)18-20/h6-7,10,12,20H,4-5,8-9H2,1-3H3,(H2,17,18). The van der Waals surface area contributed by atoms with Crippen LogP contribution < -0.4 is 10.6 Å². The maximum absolute atomic E-state index is 14.4. The molecule has 0 radical (unpaired) electrons. The van der Waals surface area contributed by atoms with Crippen molar-refractivity contribution in [1.82, 2.24) is 0 Å². The highest BCUT2D eigenvalue weighted by molar-refractivity contribution is 5.97. The van der Waals surface area contributed by atoms with Crippen molar-refractivity contribution in [2.75, 3.05) is 25.2 Å². The quantitative estimate of drug-likeness (QED) is 0.335. The van der Waals surface area contributed by atoms with Crippen molar-refractivity contribution in [1.29, 1.82) is 0 Å². The summed E-state index contributed by atoms with van der Waals surface area (Å²) in [5.41, 5.74) is 6.35. The summed E-state index contributed by atoms with van der Waals surface area (Å²) in [6.45, 7) is 5.30. The molecule has 21 heavy (non-hydrogen) atoms. The summed E-state index contributed by atoms with van der Waals surface area (Å²) in [7, 11) is 1.63. The molecule has 0 heterocycles. The number of hydrogen-bond donors (Lipinski definition) is 2. The topological polar surface area (TPSA) is 71.1 Å². The van der Waals surface area contributed by atoms with Gasteiger partial charge < -0.3 is 20.6 Å². The van der Waals surface area contributed by atoms with Crippen molar-refractivity contribution in [2.45, 2.75) is 32.7 Å². The zero-order valence-corrected chi connectivity index (χ0v) is 12.8. The fourth-order valence-electron chi connectivity index (χ4n) is 2.38. The van der Waals surface area contributed by atoms with Crippen molar-refractivity contribution in [3.8, 4) is 0 Å². The summed E-state index contributed by atoms with van der Waals surface area (Å²) in [6, 6.07) is 4.84. The lowest BCUT2D eigenvalue weighted by molar-refractivity contribution is 0.202. The maximum Gasteiger partial charge on any atom is 0.170 e. The third-order valence-electron chi connectivity index (χ3n) is 3.58. The van der Waals surface area contributed by atoms with E-state index in [2.05, 4.69) is 19.0 Å². The molecule has 3 N–H and O–H groups in total. The molecule has 0 unspecified atom stereocenters. The van der Waals surface area contributed by atoms with E-state index in [1.807, 2.05) is 4.90 Å². The van der Waals surface area contributed by atoms with Gasteiger partial charge in [0.15, 0.2) is 5.84 Å². The van der Waals surface area contributed by atoms with Crippen molar-refractivity contribution < 1.29 is 14.3 Å². The van der Waals surface area contributed by atoms with E-state index in [0.717, 1.165) is 12.8 Å². The monoisotopic (exact) mass is 297 g/mol. The lowest BCUT2D eigenvalue weighted by Gasteiger charge is -2.33. The lowest BCUT2D eigenvalue weighted by atomic mass is 10.1. The average molecular weight is 297 g/mol. The normalized spacial score (nSPS) is 12.0. The van der Waals surface area contributed by atoms with Crippen LogP contribution in [0.25, 0.3) is 0 Å². The third kappa shape index (κ3) is 4.32. The van der Waals surface area contributed by atoms with Crippen LogP contribution in [0.3, 0.4) is 0 Å². The van der Waals surface area contributed by atoms with Gasteiger partial charge in [-0.05, 0) is 31.0 Å². The van der Waals surface area contributed by atoms with Gasteiger partial charge in [0.25, 0.3) is 0 Å². The summed E-state index contributed by atoms with van der Waals surface area (Å²) in [4.78, 5) is 2.01. The maximum atomic E-state index is 14.4. The first-order chi connectivity index (χ1) is 10.1. The van der Waals surface area contributed by atoms with Crippen LogP contribution in [0.5, 0.6) is 0 Å². The smallest absolute Gasteiger partial charge is 0.170 e. The summed E-state index contributed by atoms with van der Waals surface area (Å²) in [5.74, 6) is -0.492. The SMILES string of the molecule is CCC(CC)N(CCOC)c1ccc(C(N)=NO)cc1F. The first-order valence-corrected chi connectivity index (χ1v) is 7.11. The Hall–Kier alpha value is -1.82. The van der Waals surface area contributed by atoms with E-state index in [1.54, 1.807) is 19.2 Å². The Morgan fingerprint density at radius 1 is 1.43 bits per heavy atom. The van der Waals surface area contributed by atoms with Crippen LogP contribution in [0.1, 0.15) is 32.3 Å². The van der Waals surface area contributed by atoms with Gasteiger partial charge >= 0.3 is 0 Å². The Labute approximate surface area is 125 Å². The fourth-order valence-corrected chi connectivity index (χ4v) is 2.38. The molecule has 0 aromatic heterocycles. The molecule has 0 saturated heterocycles. The molecule has 0 bridgehead atoms. The van der Waals surface area contributed by atoms with Crippen LogP contribution in [0, 0.1) is 5.82 Å². The van der Waals surface area contributed by atoms with Gasteiger partial charge in [-0.1, -0.05) is 19.0 Å². The molecule has 0 atom stereocenters. The molecule has 0 aliphatic carbocycles. The highest BCUT2D eigenvalue weighted by atomic mass is 19.1. The Morgan fingerprint density at radius 2 is 2.10 bits per heavy atom. The number of nitrogens with zero attached hydrogens (tertiary/aromatic N) is 2. The molecule has 0 amide bonds. The first-order valence-electron chi connectivity index (χ1n) is 7.11. The van der Waals surface area contributed by atoms with Gasteiger partial charge in [0, 0.05) is 25.3 Å². The van der Waals surface area contributed by atoms with E-state index in [-0.39, 0.29) is 17.7 Å². The minimum Gasteiger partial charge on any atom is -0.409 e. The predicted molar refractivity (Wildman–Crippen MR) is 82.5 cm³/mol. The Kier molecular flexibility index (Phi) is 6.94. The minimum atomic E-state index is -0.387. The second kappa shape index (κ2) is 8.46. The molecule has 0 saturated carbocycles. The molecule has 1 aromatic rings. The number of amidine groups is 1. The molecule has 0 aliphatic heterocycles. The van der Waals surface area contributed by atoms with Crippen LogP contribution >= 0.6 is 0 Å². The van der Waals surface area contributed by atoms with Crippen LogP contribution in [0.4, 0.5) is 10.1 Å². The molecule has 118 valence electrons. The minimum absolute atomic E-state index is 0.105. The summed E-state index contributed by atoms with van der Waals surface area (Å²) in [5, 5.41) is 11.5. The molecule has 0 spiro atoms. The third-order valence-corrected chi connectivity index (χ3v) is 3.58. The van der Waals surface area contributed by atoms with Gasteiger partial charge in [-0.15, -0.1) is 0 Å². The Bertz CT molecular complexity index is 476. The second-order valence-corrected chi connectivity index (χ2v) is 4.81. The Balaban J connectivity index is 3.12. The van der Waals surface area contributed by atoms with Gasteiger partial charge in [0.1, 0.15) is 5.82 Å². The molecular formula is C15H24FN3O2. The van der Waals surface area contributed by atoms with Gasteiger partial charge in [-0.2, -0.15) is 0 Å². The molecule has 0 aliphatic rings. The van der Waals surface area contributed by atoms with Gasteiger partial charge in [0.2, 0.25) is 0 Å². The summed E-state index contributed by atoms with van der Waals surface area (Å²) < 4.78 is 19.5. The number of nitrogens with two attached hydrogens (primary N) is 1. The van der Waals surface area contributed by atoms with Crippen molar-refractivity contribution >= 4 is 11.5 Å². The lowest BCUT2D eigenvalue weighted by Crippen LogP contribution is -2.37. The van der Waals surface area contributed by atoms with Crippen molar-refractivity contribution in [3.63, 3.8) is 0 Å².